The number of aromatic nitrogens is 1. The van der Waals surface area contributed by atoms with Gasteiger partial charge in [-0.15, -0.1) is 0 Å². The zero-order valence-electron chi connectivity index (χ0n) is 21.9. The van der Waals surface area contributed by atoms with Gasteiger partial charge in [-0.25, -0.2) is 8.42 Å². The Morgan fingerprint density at radius 1 is 0.974 bits per heavy atom. The Labute approximate surface area is 224 Å². The number of carbonyl (C=O) groups excluding carboxylic acids is 2. The van der Waals surface area contributed by atoms with E-state index >= 15 is 0 Å². The number of aryl methyl sites for hydroxylation is 1. The number of amides is 1. The van der Waals surface area contributed by atoms with Gasteiger partial charge in [-0.3, -0.25) is 14.6 Å². The van der Waals surface area contributed by atoms with Gasteiger partial charge in [0.2, 0.25) is 5.91 Å². The molecule has 7 nitrogen and oxygen atoms in total. The molecule has 3 aromatic rings. The molecular formula is C30H34N2O5S. The molecule has 0 radical (unpaired) electrons. The van der Waals surface area contributed by atoms with Crippen molar-refractivity contribution in [3.05, 3.63) is 89.2 Å². The molecule has 200 valence electrons. The highest BCUT2D eigenvalue weighted by Crippen LogP contribution is 2.33. The molecular weight excluding hydrogens is 500 g/mol. The molecule has 0 bridgehead atoms. The van der Waals surface area contributed by atoms with Crippen LogP contribution in [-0.4, -0.2) is 48.8 Å². The molecule has 0 atom stereocenters. The number of carbonyl (C=O) groups is 2. The average Bonchev–Trinajstić information content (AvgIpc) is 3.73. The van der Waals surface area contributed by atoms with Crippen molar-refractivity contribution in [1.29, 1.82) is 0 Å². The Kier molecular flexibility index (Phi) is 8.94. The van der Waals surface area contributed by atoms with E-state index in [1.807, 2.05) is 59.5 Å². The molecule has 1 aliphatic rings. The molecule has 1 heterocycles. The third-order valence-corrected chi connectivity index (χ3v) is 7.45. The van der Waals surface area contributed by atoms with Crippen molar-refractivity contribution >= 4 is 21.7 Å². The Hall–Kier alpha value is -3.52. The summed E-state index contributed by atoms with van der Waals surface area (Å²) in [5, 5.41) is 0. The fourth-order valence-electron chi connectivity index (χ4n) is 4.44. The van der Waals surface area contributed by atoms with Crippen molar-refractivity contribution in [2.45, 2.75) is 45.7 Å². The summed E-state index contributed by atoms with van der Waals surface area (Å²) >= 11 is 0. The number of benzene rings is 2. The number of pyridine rings is 1. The van der Waals surface area contributed by atoms with Crippen molar-refractivity contribution < 1.29 is 22.7 Å². The highest BCUT2D eigenvalue weighted by Gasteiger charge is 2.33. The van der Waals surface area contributed by atoms with Crippen LogP contribution in [0.25, 0.3) is 11.1 Å². The standard InChI is InChI=1S/C30H34N2O5S/c1-3-37-29(33)17-24-16-26(19-31-18-24)28-12-9-22(13-14-38(2,35)36)15-27(28)21-32(30(34)25-10-11-25)20-23-7-5-4-6-8-23/h4-9,12,15-16,18-19,25H,3,10-11,13-14,17,20-21H2,1-2H3. The molecule has 1 aromatic heterocycles. The summed E-state index contributed by atoms with van der Waals surface area (Å²) in [5.74, 6) is -0.0653. The van der Waals surface area contributed by atoms with Crippen LogP contribution in [-0.2, 0) is 50.1 Å². The van der Waals surface area contributed by atoms with Crippen LogP contribution in [0.4, 0.5) is 0 Å². The van der Waals surface area contributed by atoms with Crippen molar-refractivity contribution in [3.63, 3.8) is 0 Å². The van der Waals surface area contributed by atoms with E-state index in [9.17, 15) is 18.0 Å². The number of nitrogens with zero attached hydrogens (tertiary/aromatic N) is 2. The van der Waals surface area contributed by atoms with Gasteiger partial charge in [-0.2, -0.15) is 0 Å². The lowest BCUT2D eigenvalue weighted by molar-refractivity contribution is -0.142. The molecule has 1 fully saturated rings. The van der Waals surface area contributed by atoms with E-state index in [2.05, 4.69) is 4.98 Å². The Morgan fingerprint density at radius 2 is 1.74 bits per heavy atom. The normalized spacial score (nSPS) is 13.2. The second kappa shape index (κ2) is 12.3. The van der Waals surface area contributed by atoms with E-state index in [-0.39, 0.29) is 30.0 Å². The van der Waals surface area contributed by atoms with Gasteiger partial charge in [-0.1, -0.05) is 48.5 Å². The molecule has 0 N–H and O–H groups in total. The van der Waals surface area contributed by atoms with Crippen LogP contribution >= 0.6 is 0 Å². The highest BCUT2D eigenvalue weighted by atomic mass is 32.2. The fraction of sp³-hybridized carbons (Fsp3) is 0.367. The lowest BCUT2D eigenvalue weighted by Crippen LogP contribution is -2.31. The predicted octanol–water partition coefficient (Wildman–Crippen LogP) is 4.38. The van der Waals surface area contributed by atoms with E-state index in [1.165, 1.54) is 6.26 Å². The minimum atomic E-state index is -3.12. The molecule has 1 aliphatic carbocycles. The molecule has 8 heteroatoms. The Morgan fingerprint density at radius 3 is 2.42 bits per heavy atom. The fourth-order valence-corrected chi connectivity index (χ4v) is 5.04. The zero-order valence-corrected chi connectivity index (χ0v) is 22.7. The Balaban J connectivity index is 1.69. The molecule has 2 aromatic carbocycles. The second-order valence-electron chi connectivity index (χ2n) is 9.89. The minimum absolute atomic E-state index is 0.0527. The number of hydrogen-bond acceptors (Lipinski definition) is 6. The number of rotatable bonds is 12. The third-order valence-electron chi connectivity index (χ3n) is 6.51. The van der Waals surface area contributed by atoms with Crippen LogP contribution < -0.4 is 0 Å². The minimum Gasteiger partial charge on any atom is -0.466 e. The van der Waals surface area contributed by atoms with E-state index in [0.717, 1.165) is 46.2 Å². The SMILES string of the molecule is CCOC(=O)Cc1cncc(-c2ccc(CCS(C)(=O)=O)cc2CN(Cc2ccccc2)C(=O)C2CC2)c1. The molecule has 1 amide bonds. The van der Waals surface area contributed by atoms with Gasteiger partial charge in [0.15, 0.2) is 0 Å². The van der Waals surface area contributed by atoms with Gasteiger partial charge >= 0.3 is 5.97 Å². The first-order valence-corrected chi connectivity index (χ1v) is 15.0. The van der Waals surface area contributed by atoms with Crippen LogP contribution in [0.5, 0.6) is 0 Å². The maximum Gasteiger partial charge on any atom is 0.310 e. The topological polar surface area (TPSA) is 93.6 Å². The van der Waals surface area contributed by atoms with Gasteiger partial charge in [0.1, 0.15) is 9.84 Å². The van der Waals surface area contributed by atoms with E-state index in [1.54, 1.807) is 19.3 Å². The smallest absolute Gasteiger partial charge is 0.310 e. The lowest BCUT2D eigenvalue weighted by Gasteiger charge is -2.25. The van der Waals surface area contributed by atoms with E-state index in [0.29, 0.717) is 26.1 Å². The summed E-state index contributed by atoms with van der Waals surface area (Å²) in [5.41, 5.74) is 5.32. The molecule has 0 unspecified atom stereocenters. The van der Waals surface area contributed by atoms with Crippen molar-refractivity contribution in [3.8, 4) is 11.1 Å². The van der Waals surface area contributed by atoms with Gasteiger partial charge in [-0.05, 0) is 60.1 Å². The average molecular weight is 535 g/mol. The summed E-state index contributed by atoms with van der Waals surface area (Å²) in [7, 11) is -3.12. The summed E-state index contributed by atoms with van der Waals surface area (Å²) in [6.45, 7) is 2.96. The van der Waals surface area contributed by atoms with E-state index < -0.39 is 9.84 Å². The monoisotopic (exact) mass is 534 g/mol. The van der Waals surface area contributed by atoms with Crippen molar-refractivity contribution in [2.24, 2.45) is 5.92 Å². The van der Waals surface area contributed by atoms with Gasteiger partial charge in [0.25, 0.3) is 0 Å². The number of esters is 1. The van der Waals surface area contributed by atoms with Crippen LogP contribution in [0, 0.1) is 5.92 Å². The molecule has 38 heavy (non-hydrogen) atoms. The van der Waals surface area contributed by atoms with Crippen LogP contribution in [0.15, 0.2) is 67.0 Å². The van der Waals surface area contributed by atoms with Crippen LogP contribution in [0.3, 0.4) is 0 Å². The largest absolute Gasteiger partial charge is 0.466 e. The first-order chi connectivity index (χ1) is 18.2. The molecule has 1 saturated carbocycles. The van der Waals surface area contributed by atoms with Crippen molar-refractivity contribution in [2.75, 3.05) is 18.6 Å². The van der Waals surface area contributed by atoms with Gasteiger partial charge < -0.3 is 9.64 Å². The maximum atomic E-state index is 13.3. The number of hydrogen-bond donors (Lipinski definition) is 0. The summed E-state index contributed by atoms with van der Waals surface area (Å²) in [6.07, 6.45) is 6.96. The first-order valence-electron chi connectivity index (χ1n) is 12.9. The van der Waals surface area contributed by atoms with Gasteiger partial charge in [0.05, 0.1) is 18.8 Å². The second-order valence-corrected chi connectivity index (χ2v) is 12.1. The summed E-state index contributed by atoms with van der Waals surface area (Å²) in [4.78, 5) is 31.6. The molecule has 4 rings (SSSR count). The van der Waals surface area contributed by atoms with Crippen LogP contribution in [0.2, 0.25) is 0 Å². The Bertz CT molecular complexity index is 1380. The highest BCUT2D eigenvalue weighted by molar-refractivity contribution is 7.90. The molecule has 0 aliphatic heterocycles. The maximum absolute atomic E-state index is 13.3. The third kappa shape index (κ3) is 7.99. The summed E-state index contributed by atoms with van der Waals surface area (Å²) < 4.78 is 28.7. The zero-order chi connectivity index (χ0) is 27.1. The van der Waals surface area contributed by atoms with Gasteiger partial charge in [0, 0.05) is 43.2 Å². The number of ether oxygens (including phenoxy) is 1. The molecule has 0 saturated heterocycles. The molecule has 0 spiro atoms. The summed E-state index contributed by atoms with van der Waals surface area (Å²) in [6, 6.07) is 17.7. The van der Waals surface area contributed by atoms with E-state index in [4.69, 9.17) is 4.74 Å². The van der Waals surface area contributed by atoms with Crippen LogP contribution in [0.1, 0.15) is 42.0 Å². The first kappa shape index (κ1) is 27.5. The number of sulfone groups is 1. The predicted molar refractivity (Wildman–Crippen MR) is 147 cm³/mol. The lowest BCUT2D eigenvalue weighted by atomic mass is 9.96. The van der Waals surface area contributed by atoms with Crippen molar-refractivity contribution in [1.82, 2.24) is 9.88 Å². The quantitative estimate of drug-likeness (QED) is 0.320.